The summed E-state index contributed by atoms with van der Waals surface area (Å²) >= 11 is 0. The number of hydrogen-bond donors (Lipinski definition) is 3. The summed E-state index contributed by atoms with van der Waals surface area (Å²) in [5.74, 6) is -0.987. The zero-order valence-electron chi connectivity index (χ0n) is 18.8. The van der Waals surface area contributed by atoms with Gasteiger partial charge in [-0.15, -0.1) is 10.2 Å². The molecule has 4 heterocycles. The molecular weight excluding hydrogens is 470 g/mol. The van der Waals surface area contributed by atoms with E-state index in [1.807, 2.05) is 6.07 Å². The third-order valence-electron chi connectivity index (χ3n) is 5.52. The molecule has 5 rings (SSSR count). The molecule has 0 saturated carbocycles. The van der Waals surface area contributed by atoms with Gasteiger partial charge in [-0.25, -0.2) is 4.68 Å². The molecule has 36 heavy (non-hydrogen) atoms. The molecule has 1 aliphatic heterocycles. The van der Waals surface area contributed by atoms with Gasteiger partial charge in [-0.2, -0.15) is 10.4 Å². The maximum atomic E-state index is 13.2. The molecule has 3 atom stereocenters. The van der Waals surface area contributed by atoms with Crippen LogP contribution in [0.15, 0.2) is 47.2 Å². The normalized spacial score (nSPS) is 18.7. The molecule has 0 bridgehead atoms. The molecule has 4 N–H and O–H groups in total. The Morgan fingerprint density at radius 1 is 1.36 bits per heavy atom. The topological polar surface area (TPSA) is 198 Å². The van der Waals surface area contributed by atoms with Gasteiger partial charge in [-0.05, 0) is 19.1 Å². The third kappa shape index (κ3) is 4.19. The van der Waals surface area contributed by atoms with Crippen molar-refractivity contribution < 1.29 is 24.0 Å². The highest BCUT2D eigenvalue weighted by Gasteiger charge is 2.42. The van der Waals surface area contributed by atoms with Crippen LogP contribution in [0.4, 0.5) is 17.3 Å². The molecule has 14 nitrogen and oxygen atoms in total. The van der Waals surface area contributed by atoms with Gasteiger partial charge in [-0.3, -0.25) is 14.5 Å². The maximum Gasteiger partial charge on any atom is 0.260 e. The smallest absolute Gasteiger partial charge is 0.260 e. The predicted octanol–water partition coefficient (Wildman–Crippen LogP) is 0.377. The van der Waals surface area contributed by atoms with Crippen LogP contribution >= 0.6 is 0 Å². The van der Waals surface area contributed by atoms with Gasteiger partial charge in [0.2, 0.25) is 0 Å². The van der Waals surface area contributed by atoms with E-state index < -0.39 is 30.1 Å². The van der Waals surface area contributed by atoms with Gasteiger partial charge in [0.25, 0.3) is 11.8 Å². The monoisotopic (exact) mass is 489 g/mol. The second-order valence-electron chi connectivity index (χ2n) is 8.06. The molecule has 1 aliphatic rings. The van der Waals surface area contributed by atoms with Crippen molar-refractivity contribution in [1.29, 1.82) is 5.26 Å². The highest BCUT2D eigenvalue weighted by atomic mass is 16.5. The van der Waals surface area contributed by atoms with Crippen LogP contribution in [-0.2, 0) is 14.3 Å². The van der Waals surface area contributed by atoms with Crippen molar-refractivity contribution in [2.75, 3.05) is 22.5 Å². The number of hydrogen-bond acceptors (Lipinski definition) is 11. The average molecular weight is 489 g/mol. The minimum absolute atomic E-state index is 0.112. The lowest BCUT2D eigenvalue weighted by molar-refractivity contribution is -0.156. The van der Waals surface area contributed by atoms with Crippen molar-refractivity contribution >= 4 is 40.1 Å². The van der Waals surface area contributed by atoms with Crippen molar-refractivity contribution in [3.05, 3.63) is 48.4 Å². The number of aromatic nitrogens is 5. The van der Waals surface area contributed by atoms with E-state index in [-0.39, 0.29) is 23.9 Å². The summed E-state index contributed by atoms with van der Waals surface area (Å²) in [6.07, 6.45) is -0.755. The lowest BCUT2D eigenvalue weighted by Gasteiger charge is -2.36. The maximum absolute atomic E-state index is 13.2. The highest BCUT2D eigenvalue weighted by molar-refractivity contribution is 6.04. The first-order valence-electron chi connectivity index (χ1n) is 10.7. The number of ether oxygens (including phenoxy) is 1. The van der Waals surface area contributed by atoms with Crippen LogP contribution in [0.3, 0.4) is 0 Å². The molecule has 182 valence electrons. The number of carbonyl (C=O) groups is 2. The Morgan fingerprint density at radius 2 is 2.19 bits per heavy atom. The Bertz CT molecular complexity index is 1510. The fourth-order valence-corrected chi connectivity index (χ4v) is 3.79. The summed E-state index contributed by atoms with van der Waals surface area (Å²) in [7, 11) is 0. The number of nitrogen functional groups attached to an aromatic ring is 1. The van der Waals surface area contributed by atoms with E-state index in [0.717, 1.165) is 0 Å². The SMILES string of the molecule is C[C@H]1CN(c2ccn(-c3cnnc(C#N)c3)n2)C(=O)[C@@H]([C@@H](O)C(=O)Nc2ccc3c(N)noc3c2)O1. The number of benzene rings is 1. The largest absolute Gasteiger partial charge is 0.380 e. The number of anilines is 3. The predicted molar refractivity (Wildman–Crippen MR) is 124 cm³/mol. The van der Waals surface area contributed by atoms with Crippen molar-refractivity contribution in [2.45, 2.75) is 25.2 Å². The number of aliphatic hydroxyl groups excluding tert-OH is 1. The molecular formula is C22H19N9O5. The van der Waals surface area contributed by atoms with Gasteiger partial charge in [0.1, 0.15) is 6.07 Å². The molecule has 0 radical (unpaired) electrons. The van der Waals surface area contributed by atoms with Crippen molar-refractivity contribution in [1.82, 2.24) is 25.1 Å². The van der Waals surface area contributed by atoms with Gasteiger partial charge in [0, 0.05) is 30.1 Å². The first kappa shape index (κ1) is 22.9. The molecule has 14 heteroatoms. The van der Waals surface area contributed by atoms with Gasteiger partial charge in [-0.1, -0.05) is 5.16 Å². The molecule has 3 aromatic heterocycles. The van der Waals surface area contributed by atoms with E-state index in [1.54, 1.807) is 31.3 Å². The fourth-order valence-electron chi connectivity index (χ4n) is 3.79. The molecule has 0 unspecified atom stereocenters. The molecule has 0 aliphatic carbocycles. The average Bonchev–Trinajstić information content (AvgIpc) is 3.52. The quantitative estimate of drug-likeness (QED) is 0.350. The molecule has 1 fully saturated rings. The summed E-state index contributed by atoms with van der Waals surface area (Å²) < 4.78 is 12.1. The number of nitrogens with one attached hydrogen (secondary N) is 1. The van der Waals surface area contributed by atoms with E-state index in [4.69, 9.17) is 20.3 Å². The Balaban J connectivity index is 1.33. The van der Waals surface area contributed by atoms with E-state index in [2.05, 4.69) is 25.8 Å². The van der Waals surface area contributed by atoms with E-state index in [9.17, 15) is 14.7 Å². The molecule has 0 spiro atoms. The lowest BCUT2D eigenvalue weighted by Crippen LogP contribution is -2.58. The van der Waals surface area contributed by atoms with E-state index in [0.29, 0.717) is 22.3 Å². The summed E-state index contributed by atoms with van der Waals surface area (Å²) in [6.45, 7) is 1.87. The fraction of sp³-hybridized carbons (Fsp3) is 0.227. The second kappa shape index (κ2) is 9.06. The van der Waals surface area contributed by atoms with Gasteiger partial charge >= 0.3 is 0 Å². The number of nitrogens with two attached hydrogens (primary N) is 1. The Labute approximate surface area is 202 Å². The van der Waals surface area contributed by atoms with E-state index in [1.165, 1.54) is 27.9 Å². The molecule has 2 amide bonds. The molecule has 1 saturated heterocycles. The second-order valence-corrected chi connectivity index (χ2v) is 8.06. The number of aliphatic hydroxyl groups is 1. The Kier molecular flexibility index (Phi) is 5.76. The van der Waals surface area contributed by atoms with Crippen LogP contribution in [0.1, 0.15) is 12.6 Å². The number of carbonyl (C=O) groups excluding carboxylic acids is 2. The highest BCUT2D eigenvalue weighted by Crippen LogP contribution is 2.25. The van der Waals surface area contributed by atoms with Gasteiger partial charge in [0.05, 0.1) is 29.9 Å². The number of fused-ring (bicyclic) bond motifs is 1. The third-order valence-corrected chi connectivity index (χ3v) is 5.52. The Morgan fingerprint density at radius 3 is 3.00 bits per heavy atom. The van der Waals surface area contributed by atoms with Crippen LogP contribution in [0.25, 0.3) is 16.7 Å². The van der Waals surface area contributed by atoms with Crippen LogP contribution in [0, 0.1) is 11.3 Å². The zero-order valence-corrected chi connectivity index (χ0v) is 18.8. The summed E-state index contributed by atoms with van der Waals surface area (Å²) in [5.41, 5.74) is 6.95. The van der Waals surface area contributed by atoms with Gasteiger partial charge in [0.15, 0.2) is 35.1 Å². The van der Waals surface area contributed by atoms with Crippen molar-refractivity contribution in [2.24, 2.45) is 0 Å². The summed E-state index contributed by atoms with van der Waals surface area (Å²) in [4.78, 5) is 27.3. The van der Waals surface area contributed by atoms with Crippen LogP contribution in [0.5, 0.6) is 0 Å². The number of rotatable bonds is 5. The minimum atomic E-state index is -1.80. The van der Waals surface area contributed by atoms with Crippen LogP contribution in [0.2, 0.25) is 0 Å². The van der Waals surface area contributed by atoms with E-state index >= 15 is 0 Å². The molecule has 4 aromatic rings. The van der Waals surface area contributed by atoms with Crippen LogP contribution in [-0.4, -0.2) is 66.9 Å². The number of nitriles is 1. The van der Waals surface area contributed by atoms with Gasteiger partial charge < -0.3 is 25.4 Å². The Hall–Kier alpha value is -4.87. The first-order chi connectivity index (χ1) is 17.3. The lowest BCUT2D eigenvalue weighted by atomic mass is 10.1. The first-order valence-corrected chi connectivity index (χ1v) is 10.7. The summed E-state index contributed by atoms with van der Waals surface area (Å²) in [5, 5.41) is 38.3. The number of morpholine rings is 1. The van der Waals surface area contributed by atoms with Crippen molar-refractivity contribution in [3.8, 4) is 11.8 Å². The van der Waals surface area contributed by atoms with Crippen molar-refractivity contribution in [3.63, 3.8) is 0 Å². The van der Waals surface area contributed by atoms with Crippen LogP contribution < -0.4 is 16.0 Å². The standard InChI is InChI=1S/C22H19N9O5/c1-11-10-30(17-4-5-31(28-17)14-6-13(8-23)27-25-9-14)22(34)19(35-11)18(32)21(33)26-12-2-3-15-16(7-12)36-29-20(15)24/h2-7,9,11,18-19,32H,10H2,1H3,(H2,24,29)(H,26,33)/t11-,18+,19+/m0/s1. The number of amides is 2. The minimum Gasteiger partial charge on any atom is -0.380 e. The molecule has 1 aromatic carbocycles. The zero-order chi connectivity index (χ0) is 25.4. The number of nitrogens with zero attached hydrogens (tertiary/aromatic N) is 7. The summed E-state index contributed by atoms with van der Waals surface area (Å²) in [6, 6.07) is 9.66.